The van der Waals surface area contributed by atoms with Gasteiger partial charge in [0.05, 0.1) is 0 Å². The Bertz CT molecular complexity index is 382. The number of hydrogen-bond donors (Lipinski definition) is 2. The zero-order valence-corrected chi connectivity index (χ0v) is 10.0. The lowest BCUT2D eigenvalue weighted by atomic mass is 9.86. The number of amides is 1. The number of carbonyl (C=O) groups is 1. The molecular formula is C12H18N4O. The SMILES string of the molecule is Cc1cnc(NC2CCC(C(N)=O)CC2)nc1. The van der Waals surface area contributed by atoms with E-state index in [1.165, 1.54) is 0 Å². The maximum Gasteiger partial charge on any atom is 0.222 e. The Morgan fingerprint density at radius 3 is 2.41 bits per heavy atom. The summed E-state index contributed by atoms with van der Waals surface area (Å²) in [6.45, 7) is 1.96. The minimum Gasteiger partial charge on any atom is -0.369 e. The van der Waals surface area contributed by atoms with E-state index < -0.39 is 0 Å². The molecule has 1 aromatic heterocycles. The molecule has 0 saturated heterocycles. The Balaban J connectivity index is 1.85. The number of anilines is 1. The van der Waals surface area contributed by atoms with Gasteiger partial charge in [0.1, 0.15) is 0 Å². The molecule has 0 aliphatic heterocycles. The van der Waals surface area contributed by atoms with Crippen LogP contribution in [0.15, 0.2) is 12.4 Å². The van der Waals surface area contributed by atoms with Gasteiger partial charge in [-0.1, -0.05) is 0 Å². The van der Waals surface area contributed by atoms with Crippen LogP contribution in [0.3, 0.4) is 0 Å². The molecule has 0 bridgehead atoms. The van der Waals surface area contributed by atoms with Gasteiger partial charge >= 0.3 is 0 Å². The highest BCUT2D eigenvalue weighted by Gasteiger charge is 2.24. The van der Waals surface area contributed by atoms with Gasteiger partial charge in [0.25, 0.3) is 0 Å². The van der Waals surface area contributed by atoms with Gasteiger partial charge < -0.3 is 11.1 Å². The number of aryl methyl sites for hydroxylation is 1. The van der Waals surface area contributed by atoms with Crippen molar-refractivity contribution < 1.29 is 4.79 Å². The summed E-state index contributed by atoms with van der Waals surface area (Å²) in [7, 11) is 0. The van der Waals surface area contributed by atoms with Gasteiger partial charge in [0.2, 0.25) is 11.9 Å². The first-order valence-electron chi connectivity index (χ1n) is 5.99. The molecule has 1 aliphatic carbocycles. The van der Waals surface area contributed by atoms with Crippen molar-refractivity contribution in [1.82, 2.24) is 9.97 Å². The number of nitrogens with zero attached hydrogens (tertiary/aromatic N) is 2. The first-order chi connectivity index (χ1) is 8.15. The summed E-state index contributed by atoms with van der Waals surface area (Å²) in [4.78, 5) is 19.5. The van der Waals surface area contributed by atoms with E-state index in [4.69, 9.17) is 5.73 Å². The largest absolute Gasteiger partial charge is 0.369 e. The zero-order chi connectivity index (χ0) is 12.3. The minimum absolute atomic E-state index is 0.0481. The Kier molecular flexibility index (Phi) is 3.56. The predicted molar refractivity (Wildman–Crippen MR) is 65.3 cm³/mol. The van der Waals surface area contributed by atoms with Crippen LogP contribution in [0.4, 0.5) is 5.95 Å². The van der Waals surface area contributed by atoms with E-state index >= 15 is 0 Å². The normalized spacial score (nSPS) is 24.3. The molecule has 1 heterocycles. The lowest BCUT2D eigenvalue weighted by Gasteiger charge is -2.27. The van der Waals surface area contributed by atoms with Gasteiger partial charge in [0, 0.05) is 24.4 Å². The average Bonchev–Trinajstić information content (AvgIpc) is 2.33. The summed E-state index contributed by atoms with van der Waals surface area (Å²) >= 11 is 0. The number of rotatable bonds is 3. The molecule has 0 radical (unpaired) electrons. The lowest BCUT2D eigenvalue weighted by molar-refractivity contribution is -0.122. The van der Waals surface area contributed by atoms with Gasteiger partial charge in [-0.15, -0.1) is 0 Å². The fourth-order valence-corrected chi connectivity index (χ4v) is 2.17. The molecule has 0 spiro atoms. The van der Waals surface area contributed by atoms with Crippen molar-refractivity contribution in [3.8, 4) is 0 Å². The maximum atomic E-state index is 11.0. The molecule has 1 saturated carbocycles. The minimum atomic E-state index is -0.171. The van der Waals surface area contributed by atoms with Crippen molar-refractivity contribution in [2.24, 2.45) is 11.7 Å². The smallest absolute Gasteiger partial charge is 0.222 e. The van der Waals surface area contributed by atoms with Crippen molar-refractivity contribution >= 4 is 11.9 Å². The van der Waals surface area contributed by atoms with Gasteiger partial charge in [-0.25, -0.2) is 9.97 Å². The summed E-state index contributed by atoms with van der Waals surface area (Å²) < 4.78 is 0. The van der Waals surface area contributed by atoms with Gasteiger partial charge in [-0.2, -0.15) is 0 Å². The molecule has 2 rings (SSSR count). The summed E-state index contributed by atoms with van der Waals surface area (Å²) in [6.07, 6.45) is 7.21. The Labute approximate surface area is 101 Å². The van der Waals surface area contributed by atoms with Crippen LogP contribution < -0.4 is 11.1 Å². The molecule has 5 heteroatoms. The van der Waals surface area contributed by atoms with Crippen LogP contribution in [-0.4, -0.2) is 21.9 Å². The molecule has 1 amide bonds. The average molecular weight is 234 g/mol. The lowest BCUT2D eigenvalue weighted by Crippen LogP contribution is -2.32. The number of carbonyl (C=O) groups excluding carboxylic acids is 1. The van der Waals surface area contributed by atoms with Crippen LogP contribution in [0, 0.1) is 12.8 Å². The van der Waals surface area contributed by atoms with Crippen LogP contribution >= 0.6 is 0 Å². The summed E-state index contributed by atoms with van der Waals surface area (Å²) in [6, 6.07) is 0.355. The molecule has 0 aromatic carbocycles. The van der Waals surface area contributed by atoms with E-state index in [9.17, 15) is 4.79 Å². The van der Waals surface area contributed by atoms with Crippen LogP contribution in [-0.2, 0) is 4.79 Å². The van der Waals surface area contributed by atoms with Crippen molar-refractivity contribution in [3.05, 3.63) is 18.0 Å². The van der Waals surface area contributed by atoms with Crippen LogP contribution in [0.25, 0.3) is 0 Å². The Morgan fingerprint density at radius 1 is 1.29 bits per heavy atom. The first-order valence-corrected chi connectivity index (χ1v) is 5.99. The molecular weight excluding hydrogens is 216 g/mol. The summed E-state index contributed by atoms with van der Waals surface area (Å²) in [5.74, 6) is 0.542. The summed E-state index contributed by atoms with van der Waals surface area (Å²) in [5, 5.41) is 3.29. The molecule has 1 aromatic rings. The number of aromatic nitrogens is 2. The van der Waals surface area contributed by atoms with E-state index in [0.29, 0.717) is 12.0 Å². The molecule has 17 heavy (non-hydrogen) atoms. The molecule has 1 fully saturated rings. The highest BCUT2D eigenvalue weighted by Crippen LogP contribution is 2.25. The highest BCUT2D eigenvalue weighted by atomic mass is 16.1. The zero-order valence-electron chi connectivity index (χ0n) is 10.0. The third-order valence-electron chi connectivity index (χ3n) is 3.24. The van der Waals surface area contributed by atoms with Gasteiger partial charge in [-0.05, 0) is 38.2 Å². The quantitative estimate of drug-likeness (QED) is 0.824. The number of hydrogen-bond acceptors (Lipinski definition) is 4. The fourth-order valence-electron chi connectivity index (χ4n) is 2.17. The summed E-state index contributed by atoms with van der Waals surface area (Å²) in [5.41, 5.74) is 6.35. The topological polar surface area (TPSA) is 80.9 Å². The van der Waals surface area contributed by atoms with Crippen molar-refractivity contribution in [3.63, 3.8) is 0 Å². The van der Waals surface area contributed by atoms with Crippen molar-refractivity contribution in [2.45, 2.75) is 38.6 Å². The molecule has 3 N–H and O–H groups in total. The monoisotopic (exact) mass is 234 g/mol. The van der Waals surface area contributed by atoms with Gasteiger partial charge in [0.15, 0.2) is 0 Å². The molecule has 92 valence electrons. The standard InChI is InChI=1S/C12H18N4O/c1-8-6-14-12(15-7-8)16-10-4-2-9(3-5-10)11(13)17/h6-7,9-10H,2-5H2,1H3,(H2,13,17)(H,14,15,16). The third-order valence-corrected chi connectivity index (χ3v) is 3.24. The molecule has 0 unspecified atom stereocenters. The Hall–Kier alpha value is -1.65. The van der Waals surface area contributed by atoms with E-state index in [1.54, 1.807) is 12.4 Å². The number of nitrogens with one attached hydrogen (secondary N) is 1. The Morgan fingerprint density at radius 2 is 1.88 bits per heavy atom. The predicted octanol–water partition coefficient (Wildman–Crippen LogP) is 1.24. The van der Waals surface area contributed by atoms with Crippen LogP contribution in [0.2, 0.25) is 0 Å². The molecule has 5 nitrogen and oxygen atoms in total. The van der Waals surface area contributed by atoms with E-state index in [0.717, 1.165) is 31.2 Å². The molecule has 0 atom stereocenters. The van der Waals surface area contributed by atoms with Crippen molar-refractivity contribution in [1.29, 1.82) is 0 Å². The second-order valence-electron chi connectivity index (χ2n) is 4.68. The van der Waals surface area contributed by atoms with Crippen LogP contribution in [0.1, 0.15) is 31.2 Å². The first kappa shape index (κ1) is 11.8. The van der Waals surface area contributed by atoms with E-state index in [-0.39, 0.29) is 11.8 Å². The molecule has 1 aliphatic rings. The van der Waals surface area contributed by atoms with Crippen LogP contribution in [0.5, 0.6) is 0 Å². The second kappa shape index (κ2) is 5.12. The maximum absolute atomic E-state index is 11.0. The highest BCUT2D eigenvalue weighted by molar-refractivity contribution is 5.76. The second-order valence-corrected chi connectivity index (χ2v) is 4.68. The number of primary amides is 1. The van der Waals surface area contributed by atoms with Crippen molar-refractivity contribution in [2.75, 3.05) is 5.32 Å². The van der Waals surface area contributed by atoms with E-state index in [2.05, 4.69) is 15.3 Å². The van der Waals surface area contributed by atoms with Gasteiger partial charge in [-0.3, -0.25) is 4.79 Å². The van der Waals surface area contributed by atoms with E-state index in [1.807, 2.05) is 6.92 Å². The fraction of sp³-hybridized carbons (Fsp3) is 0.583. The number of nitrogens with two attached hydrogens (primary N) is 1. The third kappa shape index (κ3) is 3.15.